The van der Waals surface area contributed by atoms with E-state index in [0.29, 0.717) is 0 Å². The van der Waals surface area contributed by atoms with Crippen molar-refractivity contribution >= 4 is 47.7 Å². The van der Waals surface area contributed by atoms with Crippen LogP contribution in [0.4, 0.5) is 0 Å². The van der Waals surface area contributed by atoms with Crippen LogP contribution in [0.5, 0.6) is 0 Å². The molecule has 0 nitrogen and oxygen atoms in total. The van der Waals surface area contributed by atoms with Crippen LogP contribution in [0.25, 0.3) is 0 Å². The lowest BCUT2D eigenvalue weighted by Gasteiger charge is -2.23. The Balaban J connectivity index is 1.65. The van der Waals surface area contributed by atoms with Crippen molar-refractivity contribution in [3.05, 3.63) is 146 Å². The Labute approximate surface area is 193 Å². The van der Waals surface area contributed by atoms with Crippen molar-refractivity contribution in [2.75, 3.05) is 0 Å². The van der Waals surface area contributed by atoms with E-state index in [1.165, 1.54) is 31.8 Å². The fraction of sp³-hybridized carbons (Fsp3) is 0. The normalized spacial score (nSPS) is 11.1. The van der Waals surface area contributed by atoms with Gasteiger partial charge >= 0.3 is 0 Å². The van der Waals surface area contributed by atoms with Crippen LogP contribution in [0, 0.1) is 6.07 Å². The zero-order chi connectivity index (χ0) is 21.6. The molecule has 0 fully saturated rings. The van der Waals surface area contributed by atoms with Gasteiger partial charge < -0.3 is 0 Å². The van der Waals surface area contributed by atoms with Gasteiger partial charge in [-0.15, -0.1) is 0 Å². The fourth-order valence-corrected chi connectivity index (χ4v) is 8.48. The minimum atomic E-state index is -0.670. The smallest absolute Gasteiger partial charge is 0.000334 e. The molecule has 153 valence electrons. The maximum absolute atomic E-state index is 3.90. The van der Waals surface area contributed by atoms with E-state index < -0.39 is 15.8 Å². The van der Waals surface area contributed by atoms with Crippen LogP contribution < -0.4 is 31.8 Å². The Hall–Kier alpha value is -3.04. The lowest BCUT2D eigenvalue weighted by atomic mass is 10.3. The first-order chi connectivity index (χ1) is 15.9. The van der Waals surface area contributed by atoms with E-state index in [1.54, 1.807) is 0 Å². The predicted molar refractivity (Wildman–Crippen MR) is 143 cm³/mol. The summed E-state index contributed by atoms with van der Waals surface area (Å²) in [5, 5.41) is 7.96. The minimum absolute atomic E-state index is 0.670. The summed E-state index contributed by atoms with van der Waals surface area (Å²) in [7, 11) is -1.34. The standard InChI is InChI=1S/C30H23P2/c1-5-14-25(15-6-1)31(26-16-7-2-8-17-26)29-22-13-23-30(24-29)32(27-18-9-3-10-19-27)28-20-11-4-12-21-28/h1-23H. The van der Waals surface area contributed by atoms with Crippen molar-refractivity contribution in [2.45, 2.75) is 0 Å². The van der Waals surface area contributed by atoms with E-state index in [0.717, 1.165) is 0 Å². The highest BCUT2D eigenvalue weighted by atomic mass is 31.1. The molecule has 5 rings (SSSR count). The Bertz CT molecular complexity index is 1080. The molecule has 0 heterocycles. The average Bonchev–Trinajstić information content (AvgIpc) is 2.87. The Morgan fingerprint density at radius 2 is 0.594 bits per heavy atom. The van der Waals surface area contributed by atoms with Crippen LogP contribution in [0.2, 0.25) is 0 Å². The second-order valence-electron chi connectivity index (χ2n) is 7.43. The van der Waals surface area contributed by atoms with Gasteiger partial charge in [-0.25, -0.2) is 0 Å². The van der Waals surface area contributed by atoms with Crippen LogP contribution in [0.3, 0.4) is 0 Å². The van der Waals surface area contributed by atoms with Crippen LogP contribution >= 0.6 is 15.8 Å². The van der Waals surface area contributed by atoms with Gasteiger partial charge in [0.15, 0.2) is 0 Å². The molecule has 0 atom stereocenters. The van der Waals surface area contributed by atoms with Gasteiger partial charge in [-0.05, 0) is 53.7 Å². The van der Waals surface area contributed by atoms with E-state index in [4.69, 9.17) is 0 Å². The fourth-order valence-electron chi connectivity index (χ4n) is 3.87. The van der Waals surface area contributed by atoms with E-state index in [9.17, 15) is 0 Å². The van der Waals surface area contributed by atoms with Crippen molar-refractivity contribution in [1.82, 2.24) is 0 Å². The maximum Gasteiger partial charge on any atom is -0.000334 e. The van der Waals surface area contributed by atoms with Gasteiger partial charge in [-0.3, -0.25) is 0 Å². The second kappa shape index (κ2) is 10.1. The number of hydrogen-bond donors (Lipinski definition) is 0. The molecule has 0 amide bonds. The highest BCUT2D eigenvalue weighted by Gasteiger charge is 2.21. The Morgan fingerprint density at radius 3 is 0.875 bits per heavy atom. The highest BCUT2D eigenvalue weighted by molar-refractivity contribution is 7.81. The van der Waals surface area contributed by atoms with Crippen molar-refractivity contribution < 1.29 is 0 Å². The molecular formula is C30H23P2. The molecule has 5 aromatic rings. The van der Waals surface area contributed by atoms with Crippen LogP contribution in [0.1, 0.15) is 0 Å². The minimum Gasteiger partial charge on any atom is -0.0622 e. The molecule has 32 heavy (non-hydrogen) atoms. The molecule has 0 aliphatic heterocycles. The molecule has 0 saturated carbocycles. The summed E-state index contributed by atoms with van der Waals surface area (Å²) >= 11 is 0. The van der Waals surface area contributed by atoms with Crippen LogP contribution in [0.15, 0.2) is 140 Å². The third kappa shape index (κ3) is 4.58. The maximum atomic E-state index is 3.90. The van der Waals surface area contributed by atoms with E-state index >= 15 is 0 Å². The first-order valence-corrected chi connectivity index (χ1v) is 13.4. The Kier molecular flexibility index (Phi) is 6.55. The number of rotatable bonds is 6. The molecular weight excluding hydrogens is 422 g/mol. The summed E-state index contributed by atoms with van der Waals surface area (Å²) in [6, 6.07) is 54.0. The van der Waals surface area contributed by atoms with Gasteiger partial charge in [0.1, 0.15) is 0 Å². The topological polar surface area (TPSA) is 0 Å². The average molecular weight is 445 g/mol. The third-order valence-electron chi connectivity index (χ3n) is 5.30. The summed E-state index contributed by atoms with van der Waals surface area (Å²) in [6.45, 7) is 0. The van der Waals surface area contributed by atoms with Crippen molar-refractivity contribution in [3.8, 4) is 0 Å². The molecule has 0 bridgehead atoms. The lowest BCUT2D eigenvalue weighted by Crippen LogP contribution is -2.26. The molecule has 2 heteroatoms. The number of hydrogen-bond acceptors (Lipinski definition) is 0. The van der Waals surface area contributed by atoms with Crippen LogP contribution in [-0.4, -0.2) is 0 Å². The van der Waals surface area contributed by atoms with Crippen molar-refractivity contribution in [3.63, 3.8) is 0 Å². The molecule has 0 N–H and O–H groups in total. The zero-order valence-corrected chi connectivity index (χ0v) is 19.5. The molecule has 0 saturated heterocycles. The van der Waals surface area contributed by atoms with Gasteiger partial charge in [-0.2, -0.15) is 0 Å². The van der Waals surface area contributed by atoms with Gasteiger partial charge in [-0.1, -0.05) is 140 Å². The molecule has 1 radical (unpaired) electrons. The first kappa shape index (κ1) is 20.8. The summed E-state index contributed by atoms with van der Waals surface area (Å²) in [4.78, 5) is 0. The van der Waals surface area contributed by atoms with E-state index in [2.05, 4.69) is 146 Å². The molecule has 0 aliphatic carbocycles. The molecule has 0 aromatic heterocycles. The largest absolute Gasteiger partial charge is 0.0622 e. The molecule has 0 spiro atoms. The van der Waals surface area contributed by atoms with E-state index in [-0.39, 0.29) is 0 Å². The Morgan fingerprint density at radius 1 is 0.312 bits per heavy atom. The van der Waals surface area contributed by atoms with Crippen molar-refractivity contribution in [1.29, 1.82) is 0 Å². The van der Waals surface area contributed by atoms with E-state index in [1.807, 2.05) is 0 Å². The monoisotopic (exact) mass is 445 g/mol. The second-order valence-corrected chi connectivity index (χ2v) is 11.8. The number of benzene rings is 5. The first-order valence-electron chi connectivity index (χ1n) is 10.7. The highest BCUT2D eigenvalue weighted by Crippen LogP contribution is 2.35. The molecule has 5 aromatic carbocycles. The van der Waals surface area contributed by atoms with Crippen molar-refractivity contribution in [2.24, 2.45) is 0 Å². The summed E-state index contributed by atoms with van der Waals surface area (Å²) in [5.74, 6) is 0. The lowest BCUT2D eigenvalue weighted by molar-refractivity contribution is 1.74. The molecule has 0 aliphatic rings. The van der Waals surface area contributed by atoms with Gasteiger partial charge in [0.2, 0.25) is 0 Å². The SMILES string of the molecule is [c]1c(P(c2ccccc2)c2ccccc2)cccc1P(c1ccccc1)c1ccccc1. The summed E-state index contributed by atoms with van der Waals surface area (Å²) in [5.41, 5.74) is 0. The quantitative estimate of drug-likeness (QED) is 0.323. The van der Waals surface area contributed by atoms with Gasteiger partial charge in [0.05, 0.1) is 0 Å². The van der Waals surface area contributed by atoms with Gasteiger partial charge in [0.25, 0.3) is 0 Å². The molecule has 0 unspecified atom stereocenters. The third-order valence-corrected chi connectivity index (χ3v) is 10.0. The van der Waals surface area contributed by atoms with Gasteiger partial charge in [0, 0.05) is 0 Å². The summed E-state index contributed by atoms with van der Waals surface area (Å²) in [6.07, 6.45) is 0. The zero-order valence-electron chi connectivity index (χ0n) is 17.7. The van der Waals surface area contributed by atoms with Crippen LogP contribution in [-0.2, 0) is 0 Å². The summed E-state index contributed by atoms with van der Waals surface area (Å²) < 4.78 is 0. The predicted octanol–water partition coefficient (Wildman–Crippen LogP) is 5.00.